The molecule has 2 saturated carbocycles. The molecule has 3 aliphatic carbocycles. The lowest BCUT2D eigenvalue weighted by Gasteiger charge is -2.41. The molecule has 0 N–H and O–H groups in total. The first-order valence-corrected chi connectivity index (χ1v) is 9.21. The van der Waals surface area contributed by atoms with Gasteiger partial charge in [0.15, 0.2) is 6.17 Å². The highest BCUT2D eigenvalue weighted by Crippen LogP contribution is 2.46. The molecule has 126 valence electrons. The van der Waals surface area contributed by atoms with Gasteiger partial charge < -0.3 is 0 Å². The van der Waals surface area contributed by atoms with Gasteiger partial charge in [0, 0.05) is 0 Å². The van der Waals surface area contributed by atoms with Crippen LogP contribution >= 0.6 is 0 Å². The van der Waals surface area contributed by atoms with E-state index >= 15 is 0 Å². The third-order valence-corrected chi connectivity index (χ3v) is 6.31. The maximum absolute atomic E-state index is 13.7. The number of fused-ring (bicyclic) bond motifs is 1. The van der Waals surface area contributed by atoms with Gasteiger partial charge in [0.1, 0.15) is 12.3 Å². The Bertz CT molecular complexity index is 393. The molecule has 5 unspecified atom stereocenters. The monoisotopic (exact) mass is 314 g/mol. The van der Waals surface area contributed by atoms with E-state index in [0.29, 0.717) is 5.92 Å². The van der Waals surface area contributed by atoms with Gasteiger partial charge in [0.05, 0.1) is 0 Å². The fourth-order valence-corrected chi connectivity index (χ4v) is 5.09. The molecule has 0 amide bonds. The molecule has 0 radical (unpaired) electrons. The molecule has 2 fully saturated rings. The van der Waals surface area contributed by atoms with Crippen molar-refractivity contribution in [1.82, 2.24) is 0 Å². The Morgan fingerprint density at radius 2 is 1.73 bits per heavy atom. The van der Waals surface area contributed by atoms with Gasteiger partial charge in [-0.3, -0.25) is 0 Å². The first-order chi connectivity index (χ1) is 10.6. The average molecular weight is 314 g/mol. The van der Waals surface area contributed by atoms with Crippen molar-refractivity contribution in [1.29, 1.82) is 0 Å². The van der Waals surface area contributed by atoms with Crippen LogP contribution in [-0.4, -0.2) is 18.5 Å². The maximum Gasteiger partial charge on any atom is 0.162 e. The van der Waals surface area contributed by atoms with Gasteiger partial charge in [-0.1, -0.05) is 31.4 Å². The number of hydrogen-bond acceptors (Lipinski definition) is 0. The molecule has 22 heavy (non-hydrogen) atoms. The molecule has 5 atom stereocenters. The minimum absolute atomic E-state index is 0.0636. The van der Waals surface area contributed by atoms with Gasteiger partial charge in [0.25, 0.3) is 0 Å². The quantitative estimate of drug-likeness (QED) is 0.563. The summed E-state index contributed by atoms with van der Waals surface area (Å²) < 4.78 is 40.6. The zero-order valence-electron chi connectivity index (χ0n) is 13.6. The molecule has 0 aliphatic heterocycles. The minimum Gasteiger partial charge on any atom is -0.244 e. The van der Waals surface area contributed by atoms with E-state index < -0.39 is 18.5 Å². The van der Waals surface area contributed by atoms with Crippen LogP contribution in [0.25, 0.3) is 0 Å². The molecular weight excluding hydrogens is 285 g/mol. The Kier molecular flexibility index (Phi) is 5.19. The summed E-state index contributed by atoms with van der Waals surface area (Å²) in [5, 5.41) is 0. The van der Waals surface area contributed by atoms with Crippen LogP contribution in [0.3, 0.4) is 0 Å². The van der Waals surface area contributed by atoms with Crippen molar-refractivity contribution in [3.63, 3.8) is 0 Å². The van der Waals surface area contributed by atoms with Crippen molar-refractivity contribution in [2.75, 3.05) is 0 Å². The van der Waals surface area contributed by atoms with E-state index in [2.05, 4.69) is 13.0 Å². The second kappa shape index (κ2) is 6.97. The highest BCUT2D eigenvalue weighted by Gasteiger charge is 2.41. The minimum atomic E-state index is -1.90. The summed E-state index contributed by atoms with van der Waals surface area (Å²) in [6, 6.07) is 0. The Labute approximate surface area is 132 Å². The molecule has 3 heteroatoms. The van der Waals surface area contributed by atoms with Crippen molar-refractivity contribution in [2.24, 2.45) is 23.7 Å². The van der Waals surface area contributed by atoms with Gasteiger partial charge >= 0.3 is 0 Å². The summed E-state index contributed by atoms with van der Waals surface area (Å²) in [7, 11) is 0. The van der Waals surface area contributed by atoms with Crippen molar-refractivity contribution in [2.45, 2.75) is 83.2 Å². The first-order valence-electron chi connectivity index (χ1n) is 9.21. The van der Waals surface area contributed by atoms with Gasteiger partial charge in [-0.25, -0.2) is 13.2 Å². The third-order valence-electron chi connectivity index (χ3n) is 6.31. The van der Waals surface area contributed by atoms with Crippen LogP contribution in [0.2, 0.25) is 0 Å². The first kappa shape index (κ1) is 16.4. The Morgan fingerprint density at radius 1 is 1.00 bits per heavy atom. The smallest absolute Gasteiger partial charge is 0.162 e. The molecule has 3 aliphatic rings. The van der Waals surface area contributed by atoms with Gasteiger partial charge in [-0.05, 0) is 68.6 Å². The molecule has 0 aromatic carbocycles. The van der Waals surface area contributed by atoms with E-state index in [1.54, 1.807) is 0 Å². The molecule has 0 aromatic rings. The second-order valence-corrected chi connectivity index (χ2v) is 7.82. The van der Waals surface area contributed by atoms with Gasteiger partial charge in [-0.15, -0.1) is 0 Å². The van der Waals surface area contributed by atoms with E-state index in [9.17, 15) is 13.2 Å². The van der Waals surface area contributed by atoms with Crippen LogP contribution in [0.15, 0.2) is 11.6 Å². The summed E-state index contributed by atoms with van der Waals surface area (Å²) in [6.45, 7) is 2.26. The van der Waals surface area contributed by atoms with E-state index in [4.69, 9.17) is 0 Å². The predicted octanol–water partition coefficient (Wildman–Crippen LogP) is 5.96. The largest absolute Gasteiger partial charge is 0.244 e. The summed E-state index contributed by atoms with van der Waals surface area (Å²) in [5.41, 5.74) is 1.23. The Balaban J connectivity index is 1.63. The van der Waals surface area contributed by atoms with Crippen LogP contribution < -0.4 is 0 Å². The normalized spacial score (nSPS) is 46.0. The van der Waals surface area contributed by atoms with Gasteiger partial charge in [-0.2, -0.15) is 0 Å². The molecule has 0 heterocycles. The number of rotatable bonds is 3. The fourth-order valence-electron chi connectivity index (χ4n) is 5.09. The lowest BCUT2D eigenvalue weighted by atomic mass is 9.65. The maximum atomic E-state index is 13.7. The van der Waals surface area contributed by atoms with Crippen molar-refractivity contribution < 1.29 is 13.2 Å². The van der Waals surface area contributed by atoms with Crippen LogP contribution in [0.5, 0.6) is 0 Å². The molecule has 3 rings (SSSR count). The number of halogens is 3. The van der Waals surface area contributed by atoms with Crippen LogP contribution in [0.4, 0.5) is 13.2 Å². The zero-order valence-corrected chi connectivity index (χ0v) is 13.6. The number of alkyl halides is 3. The standard InChI is InChI=1S/C19H29F3/c1-2-3-12-4-5-14-9-15(7-6-13(14)8-12)16-10-17(20)19(22)18(21)11-16/h9,12-14,16-19H,2-8,10-11H2,1H3. The Hall–Kier alpha value is -0.470. The van der Waals surface area contributed by atoms with Crippen LogP contribution in [0, 0.1) is 23.7 Å². The summed E-state index contributed by atoms with van der Waals surface area (Å²) in [5.74, 6) is 2.20. The Morgan fingerprint density at radius 3 is 2.41 bits per heavy atom. The average Bonchev–Trinajstić information content (AvgIpc) is 2.52. The van der Waals surface area contributed by atoms with Crippen molar-refractivity contribution in [3.05, 3.63) is 11.6 Å². The summed E-state index contributed by atoms with van der Waals surface area (Å²) >= 11 is 0. The third kappa shape index (κ3) is 3.38. The van der Waals surface area contributed by atoms with Crippen molar-refractivity contribution >= 4 is 0 Å². The topological polar surface area (TPSA) is 0 Å². The molecular formula is C19H29F3. The van der Waals surface area contributed by atoms with Crippen molar-refractivity contribution in [3.8, 4) is 0 Å². The number of allylic oxidation sites excluding steroid dienone is 2. The van der Waals surface area contributed by atoms with E-state index in [0.717, 1.165) is 18.3 Å². The lowest BCUT2D eigenvalue weighted by molar-refractivity contribution is 0.0239. The highest BCUT2D eigenvalue weighted by atomic mass is 19.2. The predicted molar refractivity (Wildman–Crippen MR) is 84.0 cm³/mol. The molecule has 0 aromatic heterocycles. The van der Waals surface area contributed by atoms with Gasteiger partial charge in [0.2, 0.25) is 0 Å². The SMILES string of the molecule is CCCC1CCC2C=C(C3CC(F)C(F)C(F)C3)CCC2C1. The molecule has 0 saturated heterocycles. The summed E-state index contributed by atoms with van der Waals surface area (Å²) in [4.78, 5) is 0. The van der Waals surface area contributed by atoms with E-state index in [1.807, 2.05) is 0 Å². The molecule has 0 nitrogen and oxygen atoms in total. The zero-order chi connectivity index (χ0) is 15.7. The van der Waals surface area contributed by atoms with E-state index in [-0.39, 0.29) is 18.8 Å². The van der Waals surface area contributed by atoms with Crippen LogP contribution in [-0.2, 0) is 0 Å². The number of hydrogen-bond donors (Lipinski definition) is 0. The second-order valence-electron chi connectivity index (χ2n) is 7.82. The lowest BCUT2D eigenvalue weighted by Crippen LogP contribution is -2.38. The summed E-state index contributed by atoms with van der Waals surface area (Å²) in [6.07, 6.45) is 6.17. The molecule has 0 spiro atoms. The van der Waals surface area contributed by atoms with Crippen LogP contribution in [0.1, 0.15) is 64.7 Å². The highest BCUT2D eigenvalue weighted by molar-refractivity contribution is 5.16. The fraction of sp³-hybridized carbons (Fsp3) is 0.895. The van der Waals surface area contributed by atoms with E-state index in [1.165, 1.54) is 44.1 Å². The molecule has 0 bridgehead atoms.